The lowest BCUT2D eigenvalue weighted by molar-refractivity contribution is 0.112. The van der Waals surface area contributed by atoms with Crippen molar-refractivity contribution in [1.82, 2.24) is 0 Å². The molecule has 0 radical (unpaired) electrons. The van der Waals surface area contributed by atoms with Crippen molar-refractivity contribution in [2.24, 2.45) is 0 Å². The van der Waals surface area contributed by atoms with E-state index in [0.29, 0.717) is 10.6 Å². The van der Waals surface area contributed by atoms with Crippen molar-refractivity contribution in [3.8, 4) is 0 Å². The first-order valence-electron chi connectivity index (χ1n) is 9.12. The Morgan fingerprint density at radius 2 is 1.74 bits per heavy atom. The maximum absolute atomic E-state index is 11.6. The number of benzene rings is 3. The van der Waals surface area contributed by atoms with E-state index in [4.69, 9.17) is 11.6 Å². The van der Waals surface area contributed by atoms with Crippen molar-refractivity contribution in [1.29, 1.82) is 0 Å². The molecule has 1 N–H and O–H groups in total. The number of carbonyl (C=O) groups is 1. The fourth-order valence-corrected chi connectivity index (χ4v) is 4.04. The van der Waals surface area contributed by atoms with Crippen LogP contribution in [0.1, 0.15) is 35.3 Å². The van der Waals surface area contributed by atoms with Crippen molar-refractivity contribution in [2.75, 3.05) is 10.2 Å². The van der Waals surface area contributed by atoms with Gasteiger partial charge in [-0.1, -0.05) is 48.0 Å². The van der Waals surface area contributed by atoms with Crippen molar-refractivity contribution < 1.29 is 4.79 Å². The number of hydrogen-bond acceptors (Lipinski definition) is 3. The summed E-state index contributed by atoms with van der Waals surface area (Å²) in [6.45, 7) is 2.19. The molecule has 1 aliphatic heterocycles. The zero-order valence-corrected chi connectivity index (χ0v) is 15.9. The van der Waals surface area contributed by atoms with Gasteiger partial charge in [-0.3, -0.25) is 4.79 Å². The van der Waals surface area contributed by atoms with Crippen LogP contribution in [0, 0.1) is 0 Å². The molecule has 2 atom stereocenters. The van der Waals surface area contributed by atoms with Gasteiger partial charge in [0.1, 0.15) is 0 Å². The molecule has 0 spiro atoms. The maximum atomic E-state index is 11.6. The molecule has 1 aliphatic rings. The van der Waals surface area contributed by atoms with E-state index >= 15 is 0 Å². The lowest BCUT2D eigenvalue weighted by Crippen LogP contribution is -2.37. The monoisotopic (exact) mass is 376 g/mol. The van der Waals surface area contributed by atoms with Gasteiger partial charge in [-0.2, -0.15) is 0 Å². The number of halogens is 1. The first-order chi connectivity index (χ1) is 13.2. The Bertz CT molecular complexity index is 958. The third-order valence-electron chi connectivity index (χ3n) is 5.08. The molecule has 3 aromatic rings. The minimum atomic E-state index is 0.203. The lowest BCUT2D eigenvalue weighted by atomic mass is 9.90. The minimum Gasteiger partial charge on any atom is -0.378 e. The van der Waals surface area contributed by atoms with Crippen molar-refractivity contribution >= 4 is 34.9 Å². The summed E-state index contributed by atoms with van der Waals surface area (Å²) >= 11 is 6.25. The summed E-state index contributed by atoms with van der Waals surface area (Å²) in [5.74, 6) is 0. The quantitative estimate of drug-likeness (QED) is 0.547. The van der Waals surface area contributed by atoms with Crippen molar-refractivity contribution in [3.05, 3.63) is 88.9 Å². The molecule has 27 heavy (non-hydrogen) atoms. The Hall–Kier alpha value is -2.78. The van der Waals surface area contributed by atoms with E-state index in [9.17, 15) is 4.79 Å². The molecule has 0 fully saturated rings. The molecule has 4 heteroatoms. The van der Waals surface area contributed by atoms with Gasteiger partial charge in [0.05, 0.1) is 11.7 Å². The number of hydrogen-bond donors (Lipinski definition) is 1. The second-order valence-corrected chi connectivity index (χ2v) is 7.33. The van der Waals surface area contributed by atoms with Gasteiger partial charge in [0.2, 0.25) is 0 Å². The molecular weight excluding hydrogens is 356 g/mol. The van der Waals surface area contributed by atoms with Gasteiger partial charge in [0, 0.05) is 28.0 Å². The van der Waals surface area contributed by atoms with Crippen LogP contribution in [0.3, 0.4) is 0 Å². The number of aldehydes is 1. The molecule has 0 aliphatic carbocycles. The van der Waals surface area contributed by atoms with E-state index in [-0.39, 0.29) is 12.1 Å². The van der Waals surface area contributed by atoms with Gasteiger partial charge in [-0.25, -0.2) is 0 Å². The topological polar surface area (TPSA) is 32.3 Å². The molecule has 0 amide bonds. The van der Waals surface area contributed by atoms with E-state index < -0.39 is 0 Å². The number of nitrogens with zero attached hydrogens (tertiary/aromatic N) is 1. The second-order valence-electron chi connectivity index (χ2n) is 6.90. The van der Waals surface area contributed by atoms with Crippen LogP contribution in [0.4, 0.5) is 17.1 Å². The minimum absolute atomic E-state index is 0.203. The number of nitrogens with one attached hydrogen (secondary N) is 1. The molecule has 0 bridgehead atoms. The Kier molecular flexibility index (Phi) is 4.87. The highest BCUT2D eigenvalue weighted by Crippen LogP contribution is 2.44. The van der Waals surface area contributed by atoms with Gasteiger partial charge >= 0.3 is 0 Å². The highest BCUT2D eigenvalue weighted by Gasteiger charge is 2.32. The summed E-state index contributed by atoms with van der Waals surface area (Å²) in [6, 6.07) is 24.5. The van der Waals surface area contributed by atoms with E-state index in [0.717, 1.165) is 29.8 Å². The average molecular weight is 377 g/mol. The number of anilines is 3. The third kappa shape index (κ3) is 3.43. The molecule has 2 unspecified atom stereocenters. The Balaban J connectivity index is 1.78. The van der Waals surface area contributed by atoms with E-state index in [1.54, 1.807) is 12.1 Å². The SMILES string of the molecule is CC1CC(Nc2ccccc2)c2ccccc2N1c1cc(Cl)ccc1C=O. The summed E-state index contributed by atoms with van der Waals surface area (Å²) in [5.41, 5.74) is 4.94. The standard InChI is InChI=1S/C23H21ClN2O/c1-16-13-21(25-19-7-3-2-4-8-19)20-9-5-6-10-22(20)26(16)23-14-18(24)12-11-17(23)15-27/h2-12,14-16,21,25H,13H2,1H3. The Labute approximate surface area is 164 Å². The summed E-state index contributed by atoms with van der Waals surface area (Å²) < 4.78 is 0. The van der Waals surface area contributed by atoms with Gasteiger partial charge in [-0.05, 0) is 55.3 Å². The van der Waals surface area contributed by atoms with E-state index in [1.165, 1.54) is 5.56 Å². The van der Waals surface area contributed by atoms with Crippen LogP contribution >= 0.6 is 11.6 Å². The fraction of sp³-hybridized carbons (Fsp3) is 0.174. The number of fused-ring (bicyclic) bond motifs is 1. The molecular formula is C23H21ClN2O. The van der Waals surface area contributed by atoms with Crippen LogP contribution in [0.2, 0.25) is 5.02 Å². The van der Waals surface area contributed by atoms with E-state index in [2.05, 4.69) is 47.5 Å². The van der Waals surface area contributed by atoms with Gasteiger partial charge < -0.3 is 10.2 Å². The molecule has 3 nitrogen and oxygen atoms in total. The van der Waals surface area contributed by atoms with E-state index in [1.807, 2.05) is 30.3 Å². The van der Waals surface area contributed by atoms with Gasteiger partial charge in [-0.15, -0.1) is 0 Å². The highest BCUT2D eigenvalue weighted by atomic mass is 35.5. The zero-order valence-electron chi connectivity index (χ0n) is 15.1. The highest BCUT2D eigenvalue weighted by molar-refractivity contribution is 6.31. The zero-order chi connectivity index (χ0) is 18.8. The van der Waals surface area contributed by atoms with Crippen LogP contribution in [0.25, 0.3) is 0 Å². The lowest BCUT2D eigenvalue weighted by Gasteiger charge is -2.41. The van der Waals surface area contributed by atoms with Crippen LogP contribution in [0.15, 0.2) is 72.8 Å². The van der Waals surface area contributed by atoms with Crippen molar-refractivity contribution in [2.45, 2.75) is 25.4 Å². The predicted molar refractivity (Wildman–Crippen MR) is 112 cm³/mol. The molecule has 0 saturated heterocycles. The number of para-hydroxylation sites is 2. The van der Waals surface area contributed by atoms with Crippen LogP contribution in [-0.2, 0) is 0 Å². The van der Waals surface area contributed by atoms with Gasteiger partial charge in [0.25, 0.3) is 0 Å². The number of rotatable bonds is 4. The van der Waals surface area contributed by atoms with Crippen LogP contribution in [0.5, 0.6) is 0 Å². The molecule has 3 aromatic carbocycles. The van der Waals surface area contributed by atoms with Crippen LogP contribution < -0.4 is 10.2 Å². The second kappa shape index (κ2) is 7.45. The maximum Gasteiger partial charge on any atom is 0.152 e. The summed E-state index contributed by atoms with van der Waals surface area (Å²) in [7, 11) is 0. The summed E-state index contributed by atoms with van der Waals surface area (Å²) in [6.07, 6.45) is 1.81. The molecule has 1 heterocycles. The average Bonchev–Trinajstić information content (AvgIpc) is 2.69. The summed E-state index contributed by atoms with van der Waals surface area (Å²) in [5, 5.41) is 4.29. The smallest absolute Gasteiger partial charge is 0.152 e. The largest absolute Gasteiger partial charge is 0.378 e. The molecule has 0 aromatic heterocycles. The Morgan fingerprint density at radius 1 is 1.00 bits per heavy atom. The van der Waals surface area contributed by atoms with Crippen LogP contribution in [-0.4, -0.2) is 12.3 Å². The summed E-state index contributed by atoms with van der Waals surface area (Å²) in [4.78, 5) is 13.9. The molecule has 4 rings (SSSR count). The normalized spacial score (nSPS) is 18.7. The first-order valence-corrected chi connectivity index (χ1v) is 9.49. The first kappa shape index (κ1) is 17.6. The fourth-order valence-electron chi connectivity index (χ4n) is 3.88. The number of carbonyl (C=O) groups excluding carboxylic acids is 1. The third-order valence-corrected chi connectivity index (χ3v) is 5.32. The molecule has 0 saturated carbocycles. The Morgan fingerprint density at radius 3 is 2.52 bits per heavy atom. The van der Waals surface area contributed by atoms with Gasteiger partial charge in [0.15, 0.2) is 6.29 Å². The molecule has 136 valence electrons. The predicted octanol–water partition coefficient (Wildman–Crippen LogP) is 6.24. The van der Waals surface area contributed by atoms with Crippen molar-refractivity contribution in [3.63, 3.8) is 0 Å².